The Morgan fingerprint density at radius 1 is 0.971 bits per heavy atom. The van der Waals surface area contributed by atoms with Gasteiger partial charge in [0.15, 0.2) is 0 Å². The summed E-state index contributed by atoms with van der Waals surface area (Å²) in [7, 11) is 0. The fraction of sp³-hybridized carbons (Fsp3) is 0.308. The zero-order valence-corrected chi connectivity index (χ0v) is 20.1. The predicted molar refractivity (Wildman–Crippen MR) is 135 cm³/mol. The van der Waals surface area contributed by atoms with Crippen LogP contribution in [-0.2, 0) is 17.7 Å². The van der Waals surface area contributed by atoms with Crippen LogP contribution in [0.1, 0.15) is 24.0 Å². The van der Waals surface area contributed by atoms with E-state index >= 15 is 0 Å². The van der Waals surface area contributed by atoms with E-state index in [1.54, 1.807) is 18.6 Å². The Morgan fingerprint density at radius 3 is 2.74 bits per heavy atom. The number of aromatic nitrogens is 4. The summed E-state index contributed by atoms with van der Waals surface area (Å²) in [5, 5.41) is 28.8. The van der Waals surface area contributed by atoms with Crippen molar-refractivity contribution in [3.63, 3.8) is 0 Å². The third-order valence-electron chi connectivity index (χ3n) is 5.45. The van der Waals surface area contributed by atoms with Crippen LogP contribution in [0.15, 0.2) is 55.0 Å². The topological polar surface area (TPSA) is 109 Å². The number of unbranched alkanes of at least 4 members (excludes halogenated alkanes) is 1. The number of hydrogen-bond donors (Lipinski definition) is 2. The molecule has 2 aromatic carbocycles. The van der Waals surface area contributed by atoms with Crippen LogP contribution in [0.5, 0.6) is 5.75 Å². The second-order valence-corrected chi connectivity index (χ2v) is 8.52. The lowest BCUT2D eigenvalue weighted by Crippen LogP contribution is -2.15. The quantitative estimate of drug-likeness (QED) is 0.261. The number of ether oxygens (including phenoxy) is 2. The molecule has 4 aromatic rings. The minimum atomic E-state index is 0.370. The molecule has 0 saturated heterocycles. The highest BCUT2D eigenvalue weighted by molar-refractivity contribution is 6.30. The molecule has 0 amide bonds. The van der Waals surface area contributed by atoms with Gasteiger partial charge in [-0.25, -0.2) is 0 Å². The molecule has 0 fully saturated rings. The van der Waals surface area contributed by atoms with Crippen molar-refractivity contribution in [1.82, 2.24) is 25.7 Å². The Morgan fingerprint density at radius 2 is 1.89 bits per heavy atom. The fourth-order valence-electron chi connectivity index (χ4n) is 3.78. The molecular formula is C26H27ClN6O2. The molecule has 0 radical (unpaired) electrons. The molecule has 0 atom stereocenters. The number of nitrogens with one attached hydrogen (secondary N) is 2. The molecule has 8 nitrogen and oxygen atoms in total. The van der Waals surface area contributed by atoms with Crippen molar-refractivity contribution in [2.75, 3.05) is 26.4 Å². The number of benzene rings is 2. The van der Waals surface area contributed by atoms with Crippen molar-refractivity contribution >= 4 is 22.5 Å². The number of H-pyrrole nitrogens is 1. The highest BCUT2D eigenvalue weighted by Crippen LogP contribution is 2.31. The van der Waals surface area contributed by atoms with Gasteiger partial charge in [-0.2, -0.15) is 20.6 Å². The molecule has 35 heavy (non-hydrogen) atoms. The number of nitriles is 1. The first-order chi connectivity index (χ1) is 17.2. The largest absolute Gasteiger partial charge is 0.490 e. The molecule has 0 bridgehead atoms. The minimum absolute atomic E-state index is 0.370. The van der Waals surface area contributed by atoms with Gasteiger partial charge in [-0.3, -0.25) is 5.10 Å². The standard InChI is InChI=1S/C26H27ClN6O2/c27-23-12-19(3-5-28)11-20(13-23)16-29-6-1-2-8-34-9-10-35-26-15-22(21-4-7-30-31-17-21)14-25-24(26)18-32-33-25/h4,7,11-15,17-18,29H,1-3,6,8-10,16H2,(H,32,33). The summed E-state index contributed by atoms with van der Waals surface area (Å²) in [6.45, 7) is 3.26. The van der Waals surface area contributed by atoms with Gasteiger partial charge >= 0.3 is 0 Å². The molecule has 2 heterocycles. The maximum atomic E-state index is 8.86. The van der Waals surface area contributed by atoms with Gasteiger partial charge in [-0.15, -0.1) is 0 Å². The highest BCUT2D eigenvalue weighted by Gasteiger charge is 2.09. The molecule has 2 N–H and O–H groups in total. The Hall–Kier alpha value is -3.51. The molecule has 0 aliphatic carbocycles. The monoisotopic (exact) mass is 490 g/mol. The van der Waals surface area contributed by atoms with Gasteiger partial charge in [0.1, 0.15) is 12.4 Å². The van der Waals surface area contributed by atoms with Crippen molar-refractivity contribution < 1.29 is 9.47 Å². The van der Waals surface area contributed by atoms with Crippen molar-refractivity contribution in [2.45, 2.75) is 25.8 Å². The first kappa shape index (κ1) is 24.6. The number of hydrogen-bond acceptors (Lipinski definition) is 7. The number of nitrogens with zero attached hydrogens (tertiary/aromatic N) is 4. The molecule has 4 rings (SSSR count). The Bertz CT molecular complexity index is 1270. The van der Waals surface area contributed by atoms with Gasteiger partial charge in [0.2, 0.25) is 0 Å². The van der Waals surface area contributed by atoms with Crippen molar-refractivity contribution in [1.29, 1.82) is 5.26 Å². The summed E-state index contributed by atoms with van der Waals surface area (Å²) in [6.07, 6.45) is 7.49. The lowest BCUT2D eigenvalue weighted by atomic mass is 10.1. The van der Waals surface area contributed by atoms with E-state index in [2.05, 4.69) is 31.8 Å². The minimum Gasteiger partial charge on any atom is -0.490 e. The van der Waals surface area contributed by atoms with Crippen LogP contribution >= 0.6 is 11.6 Å². The SMILES string of the molecule is N#CCc1cc(Cl)cc(CNCCCCOCCOc2cc(-c3ccnnc3)cc3[nH]ncc23)c1. The first-order valence-electron chi connectivity index (χ1n) is 11.5. The van der Waals surface area contributed by atoms with E-state index in [1.165, 1.54) is 0 Å². The summed E-state index contributed by atoms with van der Waals surface area (Å²) >= 11 is 6.13. The molecular weight excluding hydrogens is 464 g/mol. The normalized spacial score (nSPS) is 11.0. The molecule has 0 aliphatic heterocycles. The number of fused-ring (bicyclic) bond motifs is 1. The highest BCUT2D eigenvalue weighted by atomic mass is 35.5. The molecule has 0 saturated carbocycles. The molecule has 0 unspecified atom stereocenters. The lowest BCUT2D eigenvalue weighted by molar-refractivity contribution is 0.0979. The third kappa shape index (κ3) is 7.23. The van der Waals surface area contributed by atoms with Crippen LogP contribution in [0.4, 0.5) is 0 Å². The van der Waals surface area contributed by atoms with Crippen molar-refractivity contribution in [2.24, 2.45) is 0 Å². The summed E-state index contributed by atoms with van der Waals surface area (Å²) in [5.74, 6) is 0.759. The van der Waals surface area contributed by atoms with Crippen LogP contribution in [0.3, 0.4) is 0 Å². The van der Waals surface area contributed by atoms with Crippen LogP contribution in [-0.4, -0.2) is 46.8 Å². The Balaban J connectivity index is 1.14. The summed E-state index contributed by atoms with van der Waals surface area (Å²) in [6, 6.07) is 13.9. The van der Waals surface area contributed by atoms with Crippen LogP contribution in [0.2, 0.25) is 5.02 Å². The van der Waals surface area contributed by atoms with Gasteiger partial charge in [0.25, 0.3) is 0 Å². The summed E-state index contributed by atoms with van der Waals surface area (Å²) in [5.41, 5.74) is 4.89. The maximum absolute atomic E-state index is 8.86. The average molecular weight is 491 g/mol. The van der Waals surface area contributed by atoms with E-state index in [0.717, 1.165) is 64.8 Å². The maximum Gasteiger partial charge on any atom is 0.131 e. The van der Waals surface area contributed by atoms with E-state index in [1.807, 2.05) is 36.4 Å². The third-order valence-corrected chi connectivity index (χ3v) is 5.66. The second kappa shape index (κ2) is 12.8. The van der Waals surface area contributed by atoms with Gasteiger partial charge in [0, 0.05) is 23.7 Å². The van der Waals surface area contributed by atoms with E-state index in [9.17, 15) is 0 Å². The van der Waals surface area contributed by atoms with Gasteiger partial charge in [0.05, 0.1) is 48.6 Å². The average Bonchev–Trinajstić information content (AvgIpc) is 3.34. The van der Waals surface area contributed by atoms with Crippen molar-refractivity contribution in [3.8, 4) is 22.9 Å². The molecule has 9 heteroatoms. The van der Waals surface area contributed by atoms with Crippen LogP contribution in [0.25, 0.3) is 22.0 Å². The first-order valence-corrected chi connectivity index (χ1v) is 11.9. The number of aromatic amines is 1. The summed E-state index contributed by atoms with van der Waals surface area (Å²) < 4.78 is 11.8. The van der Waals surface area contributed by atoms with E-state index in [4.69, 9.17) is 26.3 Å². The van der Waals surface area contributed by atoms with Crippen LogP contribution < -0.4 is 10.1 Å². The second-order valence-electron chi connectivity index (χ2n) is 8.08. The molecule has 180 valence electrons. The number of rotatable bonds is 13. The van der Waals surface area contributed by atoms with Gasteiger partial charge < -0.3 is 14.8 Å². The summed E-state index contributed by atoms with van der Waals surface area (Å²) in [4.78, 5) is 0. The zero-order chi connectivity index (χ0) is 24.3. The smallest absolute Gasteiger partial charge is 0.131 e. The molecule has 0 aliphatic rings. The lowest BCUT2D eigenvalue weighted by Gasteiger charge is -2.10. The molecule has 2 aromatic heterocycles. The van der Waals surface area contributed by atoms with Crippen LogP contribution in [0, 0.1) is 11.3 Å². The number of halogens is 1. The van der Waals surface area contributed by atoms with E-state index in [0.29, 0.717) is 31.3 Å². The van der Waals surface area contributed by atoms with Gasteiger partial charge in [-0.1, -0.05) is 17.7 Å². The Kier molecular flexibility index (Phi) is 9.01. The van der Waals surface area contributed by atoms with Gasteiger partial charge in [-0.05, 0) is 66.4 Å². The fourth-order valence-corrected chi connectivity index (χ4v) is 4.06. The Labute approximate surface area is 209 Å². The van der Waals surface area contributed by atoms with E-state index in [-0.39, 0.29) is 0 Å². The van der Waals surface area contributed by atoms with Crippen molar-refractivity contribution in [3.05, 3.63) is 71.1 Å². The zero-order valence-electron chi connectivity index (χ0n) is 19.3. The predicted octanol–water partition coefficient (Wildman–Crippen LogP) is 4.70. The molecule has 0 spiro atoms. The van der Waals surface area contributed by atoms with E-state index < -0.39 is 0 Å².